The van der Waals surface area contributed by atoms with Crippen LogP contribution in [0.4, 0.5) is 5.69 Å². The zero-order valence-corrected chi connectivity index (χ0v) is 17.4. The predicted octanol–water partition coefficient (Wildman–Crippen LogP) is 2.59. The smallest absolute Gasteiger partial charge is 0.302 e. The van der Waals surface area contributed by atoms with Gasteiger partial charge in [-0.1, -0.05) is 53.0 Å². The monoisotopic (exact) mass is 431 g/mol. The number of hydrogen-bond donors (Lipinski definition) is 2. The topological polar surface area (TPSA) is 74.7 Å². The lowest BCUT2D eigenvalue weighted by Crippen LogP contribution is -3.10. The fraction of sp³-hybridized carbons (Fsp3) is 0.125. The van der Waals surface area contributed by atoms with E-state index in [4.69, 9.17) is 17.0 Å². The van der Waals surface area contributed by atoms with Crippen molar-refractivity contribution in [2.75, 3.05) is 13.1 Å². The van der Waals surface area contributed by atoms with E-state index in [0.717, 1.165) is 39.5 Å². The number of nitroso groups, excluding NO2 is 1. The number of nitrogens with zero attached hydrogens (tertiary/aromatic N) is 2. The fourth-order valence-corrected chi connectivity index (χ4v) is 4.48. The lowest BCUT2D eigenvalue weighted by molar-refractivity contribution is -0.847. The van der Waals surface area contributed by atoms with Crippen LogP contribution >= 0.6 is 11.6 Å². The van der Waals surface area contributed by atoms with Crippen molar-refractivity contribution in [2.24, 2.45) is 0 Å². The molecule has 0 saturated carbocycles. The van der Waals surface area contributed by atoms with Gasteiger partial charge in [0.25, 0.3) is 0 Å². The van der Waals surface area contributed by atoms with Crippen LogP contribution in [0.1, 0.15) is 22.3 Å². The summed E-state index contributed by atoms with van der Waals surface area (Å²) in [7, 11) is 0. The predicted molar refractivity (Wildman–Crippen MR) is 118 cm³/mol. The molecule has 0 fully saturated rings. The molecular formula is C24H20ClN4O2+. The van der Waals surface area contributed by atoms with E-state index in [1.807, 2.05) is 60.7 Å². The van der Waals surface area contributed by atoms with Crippen molar-refractivity contribution in [1.82, 2.24) is 5.01 Å². The maximum absolute atomic E-state index is 13.0. The summed E-state index contributed by atoms with van der Waals surface area (Å²) in [5.41, 5.74) is 6.01. The molecule has 2 aliphatic heterocycles. The first-order chi connectivity index (χ1) is 15.0. The number of hydrazine groups is 1. The van der Waals surface area contributed by atoms with Gasteiger partial charge in [0.1, 0.15) is 19.6 Å². The molecule has 6 nitrogen and oxygen atoms in total. The Morgan fingerprint density at radius 3 is 2.48 bits per heavy atom. The molecule has 1 unspecified atom stereocenters. The maximum atomic E-state index is 13.0. The molecular weight excluding hydrogens is 412 g/mol. The summed E-state index contributed by atoms with van der Waals surface area (Å²) in [6.07, 6.45) is 0. The van der Waals surface area contributed by atoms with Crippen molar-refractivity contribution in [3.05, 3.63) is 105 Å². The molecule has 0 spiro atoms. The Bertz CT molecular complexity index is 1220. The fourth-order valence-electron chi connectivity index (χ4n) is 4.35. The van der Waals surface area contributed by atoms with E-state index in [1.165, 1.54) is 4.90 Å². The van der Waals surface area contributed by atoms with Crippen LogP contribution in [0.25, 0.3) is 11.4 Å². The van der Waals surface area contributed by atoms with Gasteiger partial charge in [0.2, 0.25) is 0 Å². The number of para-hydroxylation sites is 1. The van der Waals surface area contributed by atoms with Gasteiger partial charge in [-0.05, 0) is 41.8 Å². The van der Waals surface area contributed by atoms with Crippen LogP contribution in [0.5, 0.6) is 0 Å². The van der Waals surface area contributed by atoms with Crippen LogP contribution in [0.15, 0.2) is 72.8 Å². The van der Waals surface area contributed by atoms with E-state index in [0.29, 0.717) is 29.4 Å². The standard InChI is InChI=1S/C24H19ClN4O2/c25-19-11-9-17(10-12-19)22-23-20-3-1-2-4-21(20)29(31)28(23)14-13-27(22)15-16-5-7-18(8-6-16)24(26)30/h1-12H,13-15H2,(H-,26,30)/p+1. The third-order valence-corrected chi connectivity index (χ3v) is 6.08. The van der Waals surface area contributed by atoms with E-state index in [1.54, 1.807) is 17.1 Å². The Morgan fingerprint density at radius 2 is 1.77 bits per heavy atom. The minimum Gasteiger partial charge on any atom is -0.859 e. The minimum atomic E-state index is -0.686. The summed E-state index contributed by atoms with van der Waals surface area (Å²) in [5.74, 6) is -0.686. The second-order valence-corrected chi connectivity index (χ2v) is 8.14. The van der Waals surface area contributed by atoms with Crippen molar-refractivity contribution in [1.29, 1.82) is 5.41 Å². The average Bonchev–Trinajstić information content (AvgIpc) is 3.07. The molecule has 0 saturated heterocycles. The van der Waals surface area contributed by atoms with Gasteiger partial charge in [-0.2, -0.15) is 0 Å². The van der Waals surface area contributed by atoms with Gasteiger partial charge in [-0.3, -0.25) is 4.90 Å². The third kappa shape index (κ3) is 3.40. The van der Waals surface area contributed by atoms with E-state index < -0.39 is 5.90 Å². The number of nitrogens with one attached hydrogen (secondary N) is 2. The molecule has 7 heteroatoms. The van der Waals surface area contributed by atoms with Gasteiger partial charge in [0.15, 0.2) is 16.3 Å². The lowest BCUT2D eigenvalue weighted by Gasteiger charge is -2.29. The molecule has 154 valence electrons. The second kappa shape index (κ2) is 7.65. The molecule has 0 amide bonds. The van der Waals surface area contributed by atoms with Crippen LogP contribution in [-0.4, -0.2) is 28.9 Å². The number of quaternary nitrogens is 1. The molecule has 0 radical (unpaired) electrons. The Labute approximate surface area is 184 Å². The van der Waals surface area contributed by atoms with Gasteiger partial charge < -0.3 is 10.5 Å². The van der Waals surface area contributed by atoms with Crippen LogP contribution in [0.3, 0.4) is 0 Å². The number of fused-ring (bicyclic) bond motifs is 3. The summed E-state index contributed by atoms with van der Waals surface area (Å²) in [6, 6.07) is 22.6. The molecule has 0 aromatic heterocycles. The highest BCUT2D eigenvalue weighted by atomic mass is 35.5. The van der Waals surface area contributed by atoms with Crippen molar-refractivity contribution < 1.29 is 14.9 Å². The van der Waals surface area contributed by atoms with Crippen molar-refractivity contribution in [3.63, 3.8) is 0 Å². The maximum Gasteiger partial charge on any atom is 0.302 e. The van der Waals surface area contributed by atoms with Gasteiger partial charge in [0, 0.05) is 22.2 Å². The number of hydrogen-bond acceptors (Lipinski definition) is 3. The minimum absolute atomic E-state index is 0.381. The summed E-state index contributed by atoms with van der Waals surface area (Å²) in [4.78, 5) is 15.2. The van der Waals surface area contributed by atoms with Crippen LogP contribution in [-0.2, 0) is 6.54 Å². The Morgan fingerprint density at radius 1 is 1.06 bits per heavy atom. The van der Waals surface area contributed by atoms with Crippen LogP contribution in [0, 0.1) is 10.3 Å². The van der Waals surface area contributed by atoms with Crippen LogP contribution in [0.2, 0.25) is 5.02 Å². The molecule has 31 heavy (non-hydrogen) atoms. The zero-order valence-electron chi connectivity index (χ0n) is 16.6. The number of benzene rings is 3. The number of halogens is 1. The molecule has 1 atom stereocenters. The molecule has 0 aliphatic carbocycles. The van der Waals surface area contributed by atoms with Crippen LogP contribution < -0.4 is 10.0 Å². The Balaban J connectivity index is 1.62. The van der Waals surface area contributed by atoms with Crippen molar-refractivity contribution in [2.45, 2.75) is 6.54 Å². The van der Waals surface area contributed by atoms with Gasteiger partial charge in [0.05, 0.1) is 10.5 Å². The Kier molecular flexibility index (Phi) is 4.81. The van der Waals surface area contributed by atoms with E-state index >= 15 is 0 Å². The molecule has 3 aromatic carbocycles. The van der Waals surface area contributed by atoms with Gasteiger partial charge in [-0.15, -0.1) is 0 Å². The average molecular weight is 432 g/mol. The van der Waals surface area contributed by atoms with E-state index in [2.05, 4.69) is 0 Å². The van der Waals surface area contributed by atoms with E-state index in [-0.39, 0.29) is 0 Å². The Hall–Kier alpha value is -3.48. The third-order valence-electron chi connectivity index (χ3n) is 5.82. The largest absolute Gasteiger partial charge is 0.859 e. The first-order valence-corrected chi connectivity index (χ1v) is 10.4. The first-order valence-electron chi connectivity index (χ1n) is 10.1. The van der Waals surface area contributed by atoms with E-state index in [9.17, 15) is 10.0 Å². The normalized spacial score (nSPS) is 17.5. The molecule has 3 aromatic rings. The van der Waals surface area contributed by atoms with Crippen molar-refractivity contribution >= 4 is 34.6 Å². The highest BCUT2D eigenvalue weighted by molar-refractivity contribution is 6.30. The zero-order chi connectivity index (χ0) is 21.5. The summed E-state index contributed by atoms with van der Waals surface area (Å²) < 4.78 is 0. The highest BCUT2D eigenvalue weighted by Crippen LogP contribution is 2.41. The lowest BCUT2D eigenvalue weighted by atomic mass is 10.0. The number of rotatable bonds is 4. The molecule has 2 aliphatic rings. The molecule has 5 rings (SSSR count). The molecule has 2 heterocycles. The summed E-state index contributed by atoms with van der Waals surface area (Å²) in [6.45, 7) is 2.04. The van der Waals surface area contributed by atoms with Crippen molar-refractivity contribution in [3.8, 4) is 0 Å². The summed E-state index contributed by atoms with van der Waals surface area (Å²) in [5, 5.41) is 21.0. The first kappa shape index (κ1) is 19.5. The molecule has 0 bridgehead atoms. The quantitative estimate of drug-likeness (QED) is 0.379. The SMILES string of the molecule is N=C([O-])c1ccc(C[NH+]2CCN3C(=C2c2ccc(Cl)cc2)c2ccccc2[N+]3=O)cc1. The second-order valence-electron chi connectivity index (χ2n) is 7.70. The molecule has 2 N–H and O–H groups in total. The summed E-state index contributed by atoms with van der Waals surface area (Å²) >= 11 is 6.14. The highest BCUT2D eigenvalue weighted by Gasteiger charge is 2.48. The van der Waals surface area contributed by atoms with Gasteiger partial charge in [-0.25, -0.2) is 0 Å². The van der Waals surface area contributed by atoms with Gasteiger partial charge >= 0.3 is 5.69 Å².